The Hall–Kier alpha value is -0.610. The number of hydrogen-bond donors (Lipinski definition) is 1. The zero-order chi connectivity index (χ0) is 14.6. The van der Waals surface area contributed by atoms with Crippen LogP contribution >= 0.6 is 0 Å². The molecule has 1 aliphatic heterocycles. The lowest BCUT2D eigenvalue weighted by atomic mass is 9.77. The van der Waals surface area contributed by atoms with Crippen LogP contribution < -0.4 is 5.73 Å². The molecule has 1 saturated heterocycles. The van der Waals surface area contributed by atoms with Gasteiger partial charge in [0.2, 0.25) is 0 Å². The molecule has 4 nitrogen and oxygen atoms in total. The summed E-state index contributed by atoms with van der Waals surface area (Å²) in [6.45, 7) is 7.24. The largest absolute Gasteiger partial charge is 0.465 e. The molecule has 0 bridgehead atoms. The Labute approximate surface area is 123 Å². The lowest BCUT2D eigenvalue weighted by Crippen LogP contribution is -2.49. The Balaban J connectivity index is 1.74. The number of nitrogens with zero attached hydrogens (tertiary/aromatic N) is 1. The number of carbonyl (C=O) groups excluding carboxylic acids is 1. The number of likely N-dealkylation sites (tertiary alicyclic amines) is 1. The molecule has 1 saturated carbocycles. The van der Waals surface area contributed by atoms with E-state index in [4.69, 9.17) is 10.5 Å². The second-order valence-electron chi connectivity index (χ2n) is 6.94. The summed E-state index contributed by atoms with van der Waals surface area (Å²) in [6.07, 6.45) is 9.03. The molecule has 0 amide bonds. The summed E-state index contributed by atoms with van der Waals surface area (Å²) < 4.78 is 5.04. The molecular weight excluding hydrogens is 252 g/mol. The lowest BCUT2D eigenvalue weighted by Gasteiger charge is -2.40. The van der Waals surface area contributed by atoms with Gasteiger partial charge in [-0.25, -0.2) is 0 Å². The number of esters is 1. The third kappa shape index (κ3) is 3.73. The molecular formula is C16H30N2O2. The third-order valence-corrected chi connectivity index (χ3v) is 5.27. The van der Waals surface area contributed by atoms with E-state index in [1.165, 1.54) is 51.6 Å². The van der Waals surface area contributed by atoms with Crippen molar-refractivity contribution in [2.45, 2.75) is 64.3 Å². The SMILES string of the molecule is CCOC(=O)C(C)(N)CCN1CCC2(CCCC2)CC1. The van der Waals surface area contributed by atoms with Crippen LogP contribution in [0.4, 0.5) is 0 Å². The zero-order valence-corrected chi connectivity index (χ0v) is 13.1. The fourth-order valence-corrected chi connectivity index (χ4v) is 3.66. The normalized spacial score (nSPS) is 25.6. The summed E-state index contributed by atoms with van der Waals surface area (Å²) >= 11 is 0. The highest BCUT2D eigenvalue weighted by molar-refractivity contribution is 5.79. The molecule has 1 aliphatic carbocycles. The average Bonchev–Trinajstić information content (AvgIpc) is 2.87. The Morgan fingerprint density at radius 1 is 1.25 bits per heavy atom. The van der Waals surface area contributed by atoms with Crippen molar-refractivity contribution in [3.8, 4) is 0 Å². The van der Waals surface area contributed by atoms with E-state index < -0.39 is 5.54 Å². The molecule has 2 aliphatic rings. The van der Waals surface area contributed by atoms with Crippen molar-refractivity contribution in [2.24, 2.45) is 11.1 Å². The highest BCUT2D eigenvalue weighted by atomic mass is 16.5. The van der Waals surface area contributed by atoms with Crippen molar-refractivity contribution in [3.63, 3.8) is 0 Å². The van der Waals surface area contributed by atoms with E-state index in [2.05, 4.69) is 4.90 Å². The van der Waals surface area contributed by atoms with Crippen molar-refractivity contribution < 1.29 is 9.53 Å². The lowest BCUT2D eigenvalue weighted by molar-refractivity contribution is -0.149. The second kappa shape index (κ2) is 6.44. The fraction of sp³-hybridized carbons (Fsp3) is 0.938. The number of rotatable bonds is 5. The molecule has 2 rings (SSSR count). The van der Waals surface area contributed by atoms with E-state index in [0.29, 0.717) is 18.4 Å². The van der Waals surface area contributed by atoms with Crippen LogP contribution in [0.15, 0.2) is 0 Å². The van der Waals surface area contributed by atoms with Gasteiger partial charge in [-0.2, -0.15) is 0 Å². The minimum absolute atomic E-state index is 0.274. The first-order chi connectivity index (χ1) is 9.47. The van der Waals surface area contributed by atoms with Gasteiger partial charge in [-0.15, -0.1) is 0 Å². The second-order valence-corrected chi connectivity index (χ2v) is 6.94. The van der Waals surface area contributed by atoms with Crippen molar-refractivity contribution in [2.75, 3.05) is 26.2 Å². The maximum Gasteiger partial charge on any atom is 0.325 e. The van der Waals surface area contributed by atoms with Crippen LogP contribution in [0.5, 0.6) is 0 Å². The summed E-state index contributed by atoms with van der Waals surface area (Å²) in [5.41, 5.74) is 5.89. The Kier molecular flexibility index (Phi) is 5.08. The van der Waals surface area contributed by atoms with Gasteiger partial charge in [0.1, 0.15) is 5.54 Å². The number of carbonyl (C=O) groups is 1. The Morgan fingerprint density at radius 3 is 2.40 bits per heavy atom. The molecule has 1 unspecified atom stereocenters. The van der Waals surface area contributed by atoms with Crippen molar-refractivity contribution in [1.29, 1.82) is 0 Å². The van der Waals surface area contributed by atoms with Gasteiger partial charge < -0.3 is 15.4 Å². The van der Waals surface area contributed by atoms with Gasteiger partial charge in [0.15, 0.2) is 0 Å². The van der Waals surface area contributed by atoms with E-state index in [-0.39, 0.29) is 5.97 Å². The number of hydrogen-bond acceptors (Lipinski definition) is 4. The molecule has 2 fully saturated rings. The number of piperidine rings is 1. The molecule has 0 radical (unpaired) electrons. The molecule has 116 valence electrons. The first-order valence-corrected chi connectivity index (χ1v) is 8.16. The van der Waals surface area contributed by atoms with Crippen LogP contribution in [0, 0.1) is 5.41 Å². The molecule has 0 aromatic rings. The van der Waals surface area contributed by atoms with E-state index in [9.17, 15) is 4.79 Å². The van der Waals surface area contributed by atoms with Gasteiger partial charge in [0.25, 0.3) is 0 Å². The van der Waals surface area contributed by atoms with Crippen LogP contribution in [0.3, 0.4) is 0 Å². The average molecular weight is 282 g/mol. The zero-order valence-electron chi connectivity index (χ0n) is 13.1. The van der Waals surface area contributed by atoms with Crippen LogP contribution in [0.25, 0.3) is 0 Å². The maximum absolute atomic E-state index is 11.8. The highest BCUT2D eigenvalue weighted by Gasteiger charge is 2.37. The molecule has 0 aromatic carbocycles. The molecule has 4 heteroatoms. The highest BCUT2D eigenvalue weighted by Crippen LogP contribution is 2.46. The first-order valence-electron chi connectivity index (χ1n) is 8.16. The smallest absolute Gasteiger partial charge is 0.325 e. The molecule has 20 heavy (non-hydrogen) atoms. The van der Waals surface area contributed by atoms with E-state index >= 15 is 0 Å². The van der Waals surface area contributed by atoms with Gasteiger partial charge in [0, 0.05) is 6.54 Å². The quantitative estimate of drug-likeness (QED) is 0.786. The monoisotopic (exact) mass is 282 g/mol. The fourth-order valence-electron chi connectivity index (χ4n) is 3.66. The summed E-state index contributed by atoms with van der Waals surface area (Å²) in [5.74, 6) is -0.274. The molecule has 1 atom stereocenters. The van der Waals surface area contributed by atoms with Gasteiger partial charge >= 0.3 is 5.97 Å². The number of nitrogens with two attached hydrogens (primary N) is 1. The van der Waals surface area contributed by atoms with Gasteiger partial charge in [-0.1, -0.05) is 12.8 Å². The minimum atomic E-state index is -0.849. The number of ether oxygens (including phenoxy) is 1. The predicted octanol–water partition coefficient (Wildman–Crippen LogP) is 2.31. The van der Waals surface area contributed by atoms with E-state index in [0.717, 1.165) is 6.54 Å². The van der Waals surface area contributed by atoms with E-state index in [1.807, 2.05) is 6.92 Å². The van der Waals surface area contributed by atoms with Crippen molar-refractivity contribution in [3.05, 3.63) is 0 Å². The summed E-state index contributed by atoms with van der Waals surface area (Å²) in [7, 11) is 0. The topological polar surface area (TPSA) is 55.6 Å². The van der Waals surface area contributed by atoms with Gasteiger partial charge in [-0.05, 0) is 64.5 Å². The van der Waals surface area contributed by atoms with Crippen molar-refractivity contribution in [1.82, 2.24) is 4.90 Å². The first kappa shape index (κ1) is 15.8. The summed E-state index contributed by atoms with van der Waals surface area (Å²) in [4.78, 5) is 14.2. The van der Waals surface area contributed by atoms with Crippen LogP contribution in [-0.2, 0) is 9.53 Å². The molecule has 1 heterocycles. The minimum Gasteiger partial charge on any atom is -0.465 e. The van der Waals surface area contributed by atoms with Crippen LogP contribution in [0.1, 0.15) is 58.8 Å². The molecule has 1 spiro atoms. The summed E-state index contributed by atoms with van der Waals surface area (Å²) in [5, 5.41) is 0. The Morgan fingerprint density at radius 2 is 1.85 bits per heavy atom. The third-order valence-electron chi connectivity index (χ3n) is 5.27. The summed E-state index contributed by atoms with van der Waals surface area (Å²) in [6, 6.07) is 0. The maximum atomic E-state index is 11.8. The standard InChI is InChI=1S/C16H30N2O2/c1-3-20-14(19)15(2,17)8-11-18-12-9-16(10-13-18)6-4-5-7-16/h3-13,17H2,1-2H3. The predicted molar refractivity (Wildman–Crippen MR) is 80.4 cm³/mol. The van der Waals surface area contributed by atoms with E-state index in [1.54, 1.807) is 6.92 Å². The van der Waals surface area contributed by atoms with Gasteiger partial charge in [0.05, 0.1) is 6.61 Å². The van der Waals surface area contributed by atoms with Crippen LogP contribution in [-0.4, -0.2) is 42.6 Å². The molecule has 2 N–H and O–H groups in total. The van der Waals surface area contributed by atoms with Gasteiger partial charge in [-0.3, -0.25) is 4.79 Å². The molecule has 0 aromatic heterocycles. The van der Waals surface area contributed by atoms with Crippen LogP contribution in [0.2, 0.25) is 0 Å². The van der Waals surface area contributed by atoms with Crippen molar-refractivity contribution >= 4 is 5.97 Å². The Bertz CT molecular complexity index is 325.